The highest BCUT2D eigenvalue weighted by Gasteiger charge is 2.26. The summed E-state index contributed by atoms with van der Waals surface area (Å²) >= 11 is 0. The molecular formula is C29H38N2O3. The Kier molecular flexibility index (Phi) is 8.04. The molecule has 0 radical (unpaired) electrons. The predicted octanol–water partition coefficient (Wildman–Crippen LogP) is 5.44. The molecule has 4 rings (SSSR count). The number of nitrogens with zero attached hydrogens (tertiary/aromatic N) is 2. The van der Waals surface area contributed by atoms with Crippen LogP contribution in [0.15, 0.2) is 42.5 Å². The Morgan fingerprint density at radius 1 is 1.03 bits per heavy atom. The summed E-state index contributed by atoms with van der Waals surface area (Å²) in [5, 5.41) is 9.88. The average molecular weight is 463 g/mol. The van der Waals surface area contributed by atoms with Crippen molar-refractivity contribution in [3.63, 3.8) is 0 Å². The minimum atomic E-state index is -0.927. The normalized spacial score (nSPS) is 19.6. The van der Waals surface area contributed by atoms with Gasteiger partial charge in [-0.15, -0.1) is 0 Å². The predicted molar refractivity (Wildman–Crippen MR) is 136 cm³/mol. The van der Waals surface area contributed by atoms with Crippen molar-refractivity contribution in [3.8, 4) is 11.1 Å². The number of aromatic carboxylic acids is 1. The number of hydrogen-bond acceptors (Lipinski definition) is 3. The third kappa shape index (κ3) is 5.87. The standard InChI is InChI=1S/C29H38N2O3/c1-30-15-9-10-21(19-30)20-31(2)27(32)18-24-16-25(29(33)34)17-26(22-11-5-3-6-12-22)28(24)23-13-7-4-8-14-23/h4,7-8,13-14,16-17,21-22H,3,5-6,9-12,15,18-20H2,1-2H3,(H,33,34). The van der Waals surface area contributed by atoms with E-state index in [0.29, 0.717) is 17.4 Å². The summed E-state index contributed by atoms with van der Waals surface area (Å²) in [7, 11) is 4.03. The fourth-order valence-electron chi connectivity index (χ4n) is 5.89. The molecule has 1 aliphatic carbocycles. The first-order valence-corrected chi connectivity index (χ1v) is 12.8. The van der Waals surface area contributed by atoms with Gasteiger partial charge in [0.2, 0.25) is 5.91 Å². The van der Waals surface area contributed by atoms with Gasteiger partial charge in [-0.3, -0.25) is 4.79 Å². The number of amides is 1. The zero-order chi connectivity index (χ0) is 24.1. The van der Waals surface area contributed by atoms with Crippen LogP contribution in [0.3, 0.4) is 0 Å². The van der Waals surface area contributed by atoms with Gasteiger partial charge < -0.3 is 14.9 Å². The van der Waals surface area contributed by atoms with E-state index in [0.717, 1.165) is 61.2 Å². The molecule has 1 heterocycles. The van der Waals surface area contributed by atoms with Crippen molar-refractivity contribution in [2.45, 2.75) is 57.3 Å². The molecule has 34 heavy (non-hydrogen) atoms. The van der Waals surface area contributed by atoms with Gasteiger partial charge in [-0.05, 0) is 85.5 Å². The van der Waals surface area contributed by atoms with Crippen LogP contribution in [0, 0.1) is 5.92 Å². The second-order valence-corrected chi connectivity index (χ2v) is 10.3. The summed E-state index contributed by atoms with van der Waals surface area (Å²) in [6.45, 7) is 2.89. The number of hydrogen-bond donors (Lipinski definition) is 1. The Balaban J connectivity index is 1.67. The molecule has 0 aromatic heterocycles. The van der Waals surface area contributed by atoms with Crippen molar-refractivity contribution in [2.24, 2.45) is 5.92 Å². The highest BCUT2D eigenvalue weighted by Crippen LogP contribution is 2.41. The largest absolute Gasteiger partial charge is 0.478 e. The van der Waals surface area contributed by atoms with E-state index in [2.05, 4.69) is 24.1 Å². The van der Waals surface area contributed by atoms with Crippen molar-refractivity contribution in [1.82, 2.24) is 9.80 Å². The monoisotopic (exact) mass is 462 g/mol. The number of benzene rings is 2. The number of carboxylic acids is 1. The molecule has 1 N–H and O–H groups in total. The maximum atomic E-state index is 13.4. The maximum Gasteiger partial charge on any atom is 0.335 e. The summed E-state index contributed by atoms with van der Waals surface area (Å²) in [6, 6.07) is 13.8. The molecule has 1 amide bonds. The average Bonchev–Trinajstić information content (AvgIpc) is 2.84. The van der Waals surface area contributed by atoms with E-state index >= 15 is 0 Å². The van der Waals surface area contributed by atoms with Gasteiger partial charge >= 0.3 is 5.97 Å². The quantitative estimate of drug-likeness (QED) is 0.595. The van der Waals surface area contributed by atoms with E-state index in [1.807, 2.05) is 36.2 Å². The van der Waals surface area contributed by atoms with Gasteiger partial charge in [0, 0.05) is 20.1 Å². The fourth-order valence-corrected chi connectivity index (χ4v) is 5.89. The Labute approximate surface area is 203 Å². The molecular weight excluding hydrogens is 424 g/mol. The molecule has 5 nitrogen and oxygen atoms in total. The molecule has 1 aliphatic heterocycles. The van der Waals surface area contributed by atoms with E-state index in [9.17, 15) is 14.7 Å². The van der Waals surface area contributed by atoms with Gasteiger partial charge in [0.25, 0.3) is 0 Å². The lowest BCUT2D eigenvalue weighted by Crippen LogP contribution is -2.40. The molecule has 2 aromatic carbocycles. The van der Waals surface area contributed by atoms with Gasteiger partial charge in [-0.1, -0.05) is 49.6 Å². The molecule has 5 heteroatoms. The molecule has 1 atom stereocenters. The lowest BCUT2D eigenvalue weighted by Gasteiger charge is -2.32. The summed E-state index contributed by atoms with van der Waals surface area (Å²) in [6.07, 6.45) is 8.28. The smallest absolute Gasteiger partial charge is 0.335 e. The molecule has 2 aromatic rings. The van der Waals surface area contributed by atoms with Crippen LogP contribution in [-0.4, -0.2) is 60.5 Å². The highest BCUT2D eigenvalue weighted by molar-refractivity contribution is 5.91. The van der Waals surface area contributed by atoms with Crippen LogP contribution in [0.2, 0.25) is 0 Å². The van der Waals surface area contributed by atoms with Crippen molar-refractivity contribution in [3.05, 3.63) is 59.2 Å². The first-order chi connectivity index (χ1) is 16.4. The molecule has 2 fully saturated rings. The minimum Gasteiger partial charge on any atom is -0.478 e. The number of piperidine rings is 1. The van der Waals surface area contributed by atoms with Crippen molar-refractivity contribution >= 4 is 11.9 Å². The second kappa shape index (κ2) is 11.2. The van der Waals surface area contributed by atoms with Crippen molar-refractivity contribution in [2.75, 3.05) is 33.7 Å². The molecule has 1 saturated carbocycles. The molecule has 1 saturated heterocycles. The number of carbonyl (C=O) groups excluding carboxylic acids is 1. The van der Waals surface area contributed by atoms with E-state index in [1.165, 1.54) is 25.7 Å². The van der Waals surface area contributed by atoms with E-state index < -0.39 is 5.97 Å². The van der Waals surface area contributed by atoms with Gasteiger partial charge in [0.15, 0.2) is 0 Å². The number of likely N-dealkylation sites (tertiary alicyclic amines) is 1. The number of rotatable bonds is 7. The van der Waals surface area contributed by atoms with Crippen molar-refractivity contribution < 1.29 is 14.7 Å². The first-order valence-electron chi connectivity index (χ1n) is 12.8. The Morgan fingerprint density at radius 2 is 1.76 bits per heavy atom. The van der Waals surface area contributed by atoms with Crippen LogP contribution in [-0.2, 0) is 11.2 Å². The van der Waals surface area contributed by atoms with Gasteiger partial charge in [0.05, 0.1) is 12.0 Å². The summed E-state index contributed by atoms with van der Waals surface area (Å²) < 4.78 is 0. The van der Waals surface area contributed by atoms with Crippen LogP contribution in [0.25, 0.3) is 11.1 Å². The summed E-state index contributed by atoms with van der Waals surface area (Å²) in [5.74, 6) is -0.0384. The number of carbonyl (C=O) groups is 2. The lowest BCUT2D eigenvalue weighted by molar-refractivity contribution is -0.129. The highest BCUT2D eigenvalue weighted by atomic mass is 16.4. The molecule has 0 spiro atoms. The first kappa shape index (κ1) is 24.5. The second-order valence-electron chi connectivity index (χ2n) is 10.3. The lowest BCUT2D eigenvalue weighted by atomic mass is 9.78. The van der Waals surface area contributed by atoms with Gasteiger partial charge in [-0.25, -0.2) is 4.79 Å². The maximum absolute atomic E-state index is 13.4. The Bertz CT molecular complexity index is 998. The third-order valence-electron chi connectivity index (χ3n) is 7.63. The van der Waals surface area contributed by atoms with Gasteiger partial charge in [0.1, 0.15) is 0 Å². The SMILES string of the molecule is CN1CCCC(CN(C)C(=O)Cc2cc(C(=O)O)cc(C3CCCCC3)c2-c2ccccc2)C1. The zero-order valence-electron chi connectivity index (χ0n) is 20.6. The fraction of sp³-hybridized carbons (Fsp3) is 0.517. The molecule has 2 aliphatic rings. The third-order valence-corrected chi connectivity index (χ3v) is 7.63. The van der Waals surface area contributed by atoms with Crippen LogP contribution in [0.5, 0.6) is 0 Å². The van der Waals surface area contributed by atoms with Crippen LogP contribution < -0.4 is 0 Å². The topological polar surface area (TPSA) is 60.9 Å². The molecule has 0 bridgehead atoms. The van der Waals surface area contributed by atoms with Crippen molar-refractivity contribution in [1.29, 1.82) is 0 Å². The minimum absolute atomic E-state index is 0.0579. The van der Waals surface area contributed by atoms with E-state index in [4.69, 9.17) is 0 Å². The number of likely N-dealkylation sites (N-methyl/N-ethyl adjacent to an activating group) is 1. The van der Waals surface area contributed by atoms with Crippen LogP contribution >= 0.6 is 0 Å². The number of carboxylic acid groups (broad SMARTS) is 1. The van der Waals surface area contributed by atoms with E-state index in [1.54, 1.807) is 6.07 Å². The molecule has 182 valence electrons. The van der Waals surface area contributed by atoms with Crippen LogP contribution in [0.4, 0.5) is 0 Å². The van der Waals surface area contributed by atoms with E-state index in [-0.39, 0.29) is 12.3 Å². The Hall–Kier alpha value is -2.66. The molecule has 1 unspecified atom stereocenters. The summed E-state index contributed by atoms with van der Waals surface area (Å²) in [5.41, 5.74) is 4.37. The Morgan fingerprint density at radius 3 is 2.44 bits per heavy atom. The van der Waals surface area contributed by atoms with Gasteiger partial charge in [-0.2, -0.15) is 0 Å². The summed E-state index contributed by atoms with van der Waals surface area (Å²) in [4.78, 5) is 29.6. The zero-order valence-corrected chi connectivity index (χ0v) is 20.6. The van der Waals surface area contributed by atoms with Crippen LogP contribution in [0.1, 0.15) is 72.3 Å².